The van der Waals surface area contributed by atoms with Crippen molar-refractivity contribution in [3.05, 3.63) is 65.5 Å². The van der Waals surface area contributed by atoms with E-state index in [1.54, 1.807) is 6.92 Å². The maximum absolute atomic E-state index is 14.0. The Morgan fingerprint density at radius 3 is 2.10 bits per heavy atom. The van der Waals surface area contributed by atoms with E-state index < -0.39 is 51.8 Å². The minimum absolute atomic E-state index is 0.0730. The molecule has 2 aromatic rings. The molecule has 1 atom stereocenters. The van der Waals surface area contributed by atoms with E-state index >= 15 is 0 Å². The summed E-state index contributed by atoms with van der Waals surface area (Å²) in [7, 11) is -4.85. The highest BCUT2D eigenvalue weighted by Gasteiger charge is 2.65. The van der Waals surface area contributed by atoms with E-state index in [1.165, 1.54) is 23.8 Å². The minimum atomic E-state index is -5.52. The summed E-state index contributed by atoms with van der Waals surface area (Å²) in [6.07, 6.45) is -5.52. The van der Waals surface area contributed by atoms with Crippen LogP contribution in [0, 0.1) is 12.7 Å². The minimum Gasteiger partial charge on any atom is -0.463 e. The van der Waals surface area contributed by atoms with Crippen molar-refractivity contribution < 1.29 is 40.2 Å². The number of alkyl halides is 3. The molecule has 1 N–H and O–H groups in total. The van der Waals surface area contributed by atoms with Crippen LogP contribution < -0.4 is 4.72 Å². The number of halogens is 4. The molecule has 0 saturated carbocycles. The molecule has 11 heteroatoms. The largest absolute Gasteiger partial charge is 0.463 e. The number of hydrogen-bond acceptors (Lipinski definition) is 5. The van der Waals surface area contributed by atoms with Gasteiger partial charge in [0.1, 0.15) is 5.82 Å². The summed E-state index contributed by atoms with van der Waals surface area (Å²) < 4.78 is 90.9. The van der Waals surface area contributed by atoms with Crippen LogP contribution in [0.3, 0.4) is 0 Å². The fourth-order valence-electron chi connectivity index (χ4n) is 2.36. The fourth-order valence-corrected chi connectivity index (χ4v) is 3.60. The number of nitrogens with one attached hydrogen (secondary N) is 1. The molecule has 2 aromatic carbocycles. The van der Waals surface area contributed by atoms with E-state index in [2.05, 4.69) is 4.74 Å². The molecular formula is C19H19F4NO5S. The Bertz CT molecular complexity index is 975. The van der Waals surface area contributed by atoms with Crippen molar-refractivity contribution in [2.45, 2.75) is 37.3 Å². The van der Waals surface area contributed by atoms with Crippen molar-refractivity contribution in [1.29, 1.82) is 0 Å². The Morgan fingerprint density at radius 1 is 1.03 bits per heavy atom. The summed E-state index contributed by atoms with van der Waals surface area (Å²) in [6.45, 7) is 1.61. The number of benzene rings is 2. The maximum Gasteiger partial charge on any atom is 0.443 e. The lowest BCUT2D eigenvalue weighted by Gasteiger charge is -2.33. The molecule has 0 amide bonds. The second kappa shape index (κ2) is 9.11. The van der Waals surface area contributed by atoms with Gasteiger partial charge < -0.3 is 9.47 Å². The molecule has 0 fully saturated rings. The van der Waals surface area contributed by atoms with Crippen LogP contribution in [-0.4, -0.2) is 32.9 Å². The van der Waals surface area contributed by atoms with Gasteiger partial charge in [0.2, 0.25) is 10.0 Å². The number of sulfonamides is 1. The summed E-state index contributed by atoms with van der Waals surface area (Å²) in [5.41, 5.74) is -3.26. The molecule has 30 heavy (non-hydrogen) atoms. The molecular weight excluding hydrogens is 430 g/mol. The third-order valence-electron chi connectivity index (χ3n) is 3.94. The van der Waals surface area contributed by atoms with E-state index in [0.29, 0.717) is 5.56 Å². The molecule has 0 bridgehead atoms. The van der Waals surface area contributed by atoms with Crippen molar-refractivity contribution in [2.24, 2.45) is 0 Å². The van der Waals surface area contributed by atoms with Crippen LogP contribution in [0.25, 0.3) is 0 Å². The quantitative estimate of drug-likeness (QED) is 0.379. The first-order valence-electron chi connectivity index (χ1n) is 8.64. The van der Waals surface area contributed by atoms with Crippen LogP contribution >= 0.6 is 0 Å². The van der Waals surface area contributed by atoms with Crippen molar-refractivity contribution in [3.8, 4) is 0 Å². The topological polar surface area (TPSA) is 81.7 Å². The van der Waals surface area contributed by atoms with Crippen molar-refractivity contribution in [2.75, 3.05) is 6.61 Å². The van der Waals surface area contributed by atoms with Gasteiger partial charge in [0.05, 0.1) is 18.1 Å². The zero-order valence-electron chi connectivity index (χ0n) is 16.0. The van der Waals surface area contributed by atoms with Crippen LogP contribution in [0.5, 0.6) is 0 Å². The Balaban J connectivity index is 2.48. The molecule has 2 rings (SSSR count). The van der Waals surface area contributed by atoms with Crippen LogP contribution in [-0.2, 0) is 30.9 Å². The first kappa shape index (κ1) is 23.8. The molecule has 0 aliphatic heterocycles. The highest BCUT2D eigenvalue weighted by molar-refractivity contribution is 7.89. The number of rotatable bonds is 8. The maximum atomic E-state index is 14.0. The van der Waals surface area contributed by atoms with Crippen LogP contribution in [0.15, 0.2) is 53.4 Å². The fraction of sp³-hybridized carbons (Fsp3) is 0.316. The summed E-state index contributed by atoms with van der Waals surface area (Å²) in [5.74, 6) is -2.61. The molecule has 164 valence electrons. The molecule has 0 unspecified atom stereocenters. The number of ether oxygens (including phenoxy) is 2. The molecule has 0 aliphatic rings. The Kier molecular flexibility index (Phi) is 7.22. The molecule has 0 saturated heterocycles. The summed E-state index contributed by atoms with van der Waals surface area (Å²) in [6, 6.07) is 9.17. The first-order chi connectivity index (χ1) is 13.9. The van der Waals surface area contributed by atoms with Crippen LogP contribution in [0.2, 0.25) is 0 Å². The van der Waals surface area contributed by atoms with E-state index in [-0.39, 0.29) is 5.56 Å². The number of carbonyl (C=O) groups is 1. The second-order valence-electron chi connectivity index (χ2n) is 6.23. The molecule has 6 nitrogen and oxygen atoms in total. The van der Waals surface area contributed by atoms with Gasteiger partial charge in [0.25, 0.3) is 0 Å². The average molecular weight is 449 g/mol. The first-order valence-corrected chi connectivity index (χ1v) is 10.1. The Hall–Kier alpha value is -2.50. The molecule has 0 spiro atoms. The highest BCUT2D eigenvalue weighted by atomic mass is 32.2. The van der Waals surface area contributed by atoms with Crippen LogP contribution in [0.1, 0.15) is 18.1 Å². The number of hydrogen-bond donors (Lipinski definition) is 1. The second-order valence-corrected chi connectivity index (χ2v) is 7.92. The third-order valence-corrected chi connectivity index (χ3v) is 5.39. The molecule has 0 heterocycles. The number of esters is 1. The summed E-state index contributed by atoms with van der Waals surface area (Å²) >= 11 is 0. The zero-order chi connectivity index (χ0) is 22.6. The third kappa shape index (κ3) is 5.35. The van der Waals surface area contributed by atoms with Gasteiger partial charge in [-0.25, -0.2) is 17.6 Å². The van der Waals surface area contributed by atoms with E-state index in [4.69, 9.17) is 4.74 Å². The van der Waals surface area contributed by atoms with Gasteiger partial charge in [-0.3, -0.25) is 0 Å². The normalized spacial score (nSPS) is 14.2. The summed E-state index contributed by atoms with van der Waals surface area (Å²) in [4.78, 5) is 11.8. The Labute approximate surface area is 170 Å². The lowest BCUT2D eigenvalue weighted by Crippen LogP contribution is -2.66. The van der Waals surface area contributed by atoms with Crippen LogP contribution in [0.4, 0.5) is 17.6 Å². The molecule has 0 aromatic heterocycles. The monoisotopic (exact) mass is 449 g/mol. The number of carbonyl (C=O) groups excluding carboxylic acids is 1. The van der Waals surface area contributed by atoms with Gasteiger partial charge in [0, 0.05) is 0 Å². The lowest BCUT2D eigenvalue weighted by atomic mass is 10.2. The molecule has 0 aliphatic carbocycles. The zero-order valence-corrected chi connectivity index (χ0v) is 16.8. The average Bonchev–Trinajstić information content (AvgIpc) is 2.66. The van der Waals surface area contributed by atoms with Crippen molar-refractivity contribution in [3.63, 3.8) is 0 Å². The van der Waals surface area contributed by atoms with Gasteiger partial charge in [-0.15, -0.1) is 0 Å². The smallest absolute Gasteiger partial charge is 0.443 e. The van der Waals surface area contributed by atoms with Gasteiger partial charge in [-0.1, -0.05) is 29.8 Å². The van der Waals surface area contributed by atoms with Gasteiger partial charge in [-0.2, -0.15) is 17.9 Å². The van der Waals surface area contributed by atoms with E-state index in [9.17, 15) is 30.8 Å². The SMILES string of the molecule is CCOC(=O)[C@](NS(=O)(=O)c1ccc(C)cc1)(OCc1ccc(F)cc1)C(F)(F)F. The predicted octanol–water partition coefficient (Wildman–Crippen LogP) is 3.45. The predicted molar refractivity (Wildman–Crippen MR) is 98.1 cm³/mol. The van der Waals surface area contributed by atoms with Crippen molar-refractivity contribution >= 4 is 16.0 Å². The van der Waals surface area contributed by atoms with E-state index in [0.717, 1.165) is 36.4 Å². The van der Waals surface area contributed by atoms with Gasteiger partial charge in [-0.05, 0) is 43.7 Å². The molecule has 0 radical (unpaired) electrons. The van der Waals surface area contributed by atoms with Gasteiger partial charge in [0.15, 0.2) is 0 Å². The van der Waals surface area contributed by atoms with Gasteiger partial charge >= 0.3 is 17.9 Å². The highest BCUT2D eigenvalue weighted by Crippen LogP contribution is 2.35. The Morgan fingerprint density at radius 2 is 1.60 bits per heavy atom. The lowest BCUT2D eigenvalue weighted by molar-refractivity contribution is -0.284. The van der Waals surface area contributed by atoms with E-state index in [1.807, 2.05) is 0 Å². The summed E-state index contributed by atoms with van der Waals surface area (Å²) in [5, 5.41) is 0. The van der Waals surface area contributed by atoms with Crippen molar-refractivity contribution in [1.82, 2.24) is 4.72 Å². The standard InChI is InChI=1S/C19H19F4NO5S/c1-3-28-17(25)18(19(21,22)23,29-12-14-6-8-15(20)9-7-14)24-30(26,27)16-10-4-13(2)5-11-16/h4-11,24H,3,12H2,1-2H3/t18-/m0/s1. The number of aryl methyl sites for hydroxylation is 1.